The van der Waals surface area contributed by atoms with Crippen LogP contribution in [-0.2, 0) is 4.74 Å². The number of amides is 1. The summed E-state index contributed by atoms with van der Waals surface area (Å²) in [7, 11) is 0. The monoisotopic (exact) mass is 474 g/mol. The van der Waals surface area contributed by atoms with Gasteiger partial charge in [0.1, 0.15) is 5.60 Å². The Labute approximate surface area is 204 Å². The van der Waals surface area contributed by atoms with E-state index in [0.29, 0.717) is 0 Å². The quantitative estimate of drug-likeness (QED) is 0.298. The molecule has 7 heteroatoms. The Bertz CT molecular complexity index is 1320. The summed E-state index contributed by atoms with van der Waals surface area (Å²) in [6.45, 7) is 5.68. The second-order valence-electron chi connectivity index (χ2n) is 9.59. The molecule has 6 nitrogen and oxygen atoms in total. The Balaban J connectivity index is 1.57. The lowest BCUT2D eigenvalue weighted by atomic mass is 9.91. The molecule has 0 bridgehead atoms. The van der Waals surface area contributed by atoms with Crippen molar-refractivity contribution in [1.82, 2.24) is 14.5 Å². The summed E-state index contributed by atoms with van der Waals surface area (Å²) in [5.41, 5.74) is 4.91. The molecule has 1 saturated carbocycles. The van der Waals surface area contributed by atoms with Gasteiger partial charge in [-0.05, 0) is 87.5 Å². The average molecular weight is 475 g/mol. The average Bonchev–Trinajstić information content (AvgIpc) is 3.14. The third-order valence-electron chi connectivity index (χ3n) is 6.01. The van der Waals surface area contributed by atoms with Crippen LogP contribution in [0.15, 0.2) is 66.9 Å². The summed E-state index contributed by atoms with van der Waals surface area (Å²) >= 11 is 6.07. The molecule has 0 saturated heterocycles. The highest BCUT2D eigenvalue weighted by atomic mass is 35.5. The first kappa shape index (κ1) is 22.4. The van der Waals surface area contributed by atoms with Gasteiger partial charge in [-0.15, -0.1) is 0 Å². The first-order chi connectivity index (χ1) is 16.3. The van der Waals surface area contributed by atoms with Crippen molar-refractivity contribution in [3.63, 3.8) is 0 Å². The maximum atomic E-state index is 13.0. The van der Waals surface area contributed by atoms with E-state index < -0.39 is 5.60 Å². The highest BCUT2D eigenvalue weighted by Crippen LogP contribution is 2.34. The van der Waals surface area contributed by atoms with Gasteiger partial charge in [0.2, 0.25) is 5.28 Å². The molecule has 0 unspecified atom stereocenters. The Morgan fingerprint density at radius 3 is 2.41 bits per heavy atom. The number of halogens is 1. The van der Waals surface area contributed by atoms with E-state index in [-0.39, 0.29) is 17.4 Å². The van der Waals surface area contributed by atoms with E-state index in [0.717, 1.165) is 52.9 Å². The van der Waals surface area contributed by atoms with Crippen LogP contribution in [0.4, 0.5) is 10.5 Å². The molecule has 0 radical (unpaired) electrons. The van der Waals surface area contributed by atoms with Crippen molar-refractivity contribution in [2.45, 2.75) is 51.7 Å². The summed E-state index contributed by atoms with van der Waals surface area (Å²) in [6, 6.07) is 20.3. The fourth-order valence-corrected chi connectivity index (χ4v) is 4.39. The van der Waals surface area contributed by atoms with Gasteiger partial charge in [-0.1, -0.05) is 30.3 Å². The lowest BCUT2D eigenvalue weighted by Gasteiger charge is -2.38. The number of benzene rings is 2. The van der Waals surface area contributed by atoms with Gasteiger partial charge in [0.25, 0.3) is 0 Å². The van der Waals surface area contributed by atoms with E-state index >= 15 is 0 Å². The number of anilines is 1. The Hall–Kier alpha value is -3.38. The van der Waals surface area contributed by atoms with E-state index in [1.807, 2.05) is 69.3 Å². The number of hydrogen-bond acceptors (Lipinski definition) is 4. The standard InChI is InChI=1S/C27H27ClN4O2/c1-27(2,3)34-26(33)31(19-10-7-11-19)20-12-14-21(15-13-20)32-23(18-8-5-4-6-9-18)16-22-24(32)17-29-25(28)30-22/h4-6,8-9,12-17,19H,7,10-11H2,1-3H3. The van der Waals surface area contributed by atoms with E-state index in [9.17, 15) is 4.79 Å². The molecule has 1 aliphatic rings. The Kier molecular flexibility index (Phi) is 5.78. The van der Waals surface area contributed by atoms with Crippen LogP contribution in [0.5, 0.6) is 0 Å². The number of nitrogens with zero attached hydrogens (tertiary/aromatic N) is 4. The molecule has 1 aliphatic carbocycles. The maximum absolute atomic E-state index is 13.0. The predicted molar refractivity (Wildman–Crippen MR) is 136 cm³/mol. The van der Waals surface area contributed by atoms with Crippen molar-refractivity contribution in [2.24, 2.45) is 0 Å². The van der Waals surface area contributed by atoms with Crippen molar-refractivity contribution in [2.75, 3.05) is 4.90 Å². The lowest BCUT2D eigenvalue weighted by molar-refractivity contribution is 0.0549. The van der Waals surface area contributed by atoms with Gasteiger partial charge in [0.15, 0.2) is 0 Å². The topological polar surface area (TPSA) is 60.2 Å². The second kappa shape index (κ2) is 8.76. The normalized spacial score (nSPS) is 14.1. The van der Waals surface area contributed by atoms with Gasteiger partial charge in [-0.2, -0.15) is 0 Å². The van der Waals surface area contributed by atoms with Crippen LogP contribution in [0, 0.1) is 0 Å². The van der Waals surface area contributed by atoms with Gasteiger partial charge in [0.05, 0.1) is 22.9 Å². The number of fused-ring (bicyclic) bond motifs is 1. The third kappa shape index (κ3) is 4.38. The number of aromatic nitrogens is 3. The molecule has 174 valence electrons. The van der Waals surface area contributed by atoms with Gasteiger partial charge in [-0.25, -0.2) is 14.8 Å². The molecule has 0 N–H and O–H groups in total. The van der Waals surface area contributed by atoms with Crippen molar-refractivity contribution in [3.05, 3.63) is 72.1 Å². The molecule has 1 fully saturated rings. The minimum Gasteiger partial charge on any atom is -0.443 e. The van der Waals surface area contributed by atoms with Gasteiger partial charge < -0.3 is 9.30 Å². The van der Waals surface area contributed by atoms with Gasteiger partial charge in [0, 0.05) is 17.4 Å². The second-order valence-corrected chi connectivity index (χ2v) is 9.93. The minimum atomic E-state index is -0.547. The molecule has 0 aliphatic heterocycles. The summed E-state index contributed by atoms with van der Waals surface area (Å²) in [5, 5.41) is 0.216. The highest BCUT2D eigenvalue weighted by Gasteiger charge is 2.33. The smallest absolute Gasteiger partial charge is 0.415 e. The molecular weight excluding hydrogens is 448 g/mol. The summed E-state index contributed by atoms with van der Waals surface area (Å²) in [6.07, 6.45) is 4.54. The van der Waals surface area contributed by atoms with Gasteiger partial charge >= 0.3 is 6.09 Å². The lowest BCUT2D eigenvalue weighted by Crippen LogP contribution is -2.46. The van der Waals surface area contributed by atoms with E-state index in [1.54, 1.807) is 11.1 Å². The van der Waals surface area contributed by atoms with Crippen molar-refractivity contribution >= 4 is 34.4 Å². The van der Waals surface area contributed by atoms with Crippen LogP contribution in [0.25, 0.3) is 28.0 Å². The van der Waals surface area contributed by atoms with E-state index in [2.05, 4.69) is 26.7 Å². The number of ether oxygens (including phenoxy) is 1. The molecular formula is C27H27ClN4O2. The molecule has 5 rings (SSSR count). The number of rotatable bonds is 4. The first-order valence-corrected chi connectivity index (χ1v) is 11.9. The van der Waals surface area contributed by atoms with Crippen molar-refractivity contribution in [1.29, 1.82) is 0 Å². The zero-order valence-corrected chi connectivity index (χ0v) is 20.3. The number of carbonyl (C=O) groups is 1. The third-order valence-corrected chi connectivity index (χ3v) is 6.19. The molecule has 0 spiro atoms. The van der Waals surface area contributed by atoms with Crippen LogP contribution in [0.1, 0.15) is 40.0 Å². The van der Waals surface area contributed by atoms with Crippen LogP contribution in [-0.4, -0.2) is 32.3 Å². The molecule has 2 heterocycles. The summed E-state index contributed by atoms with van der Waals surface area (Å²) < 4.78 is 7.83. The fourth-order valence-electron chi connectivity index (χ4n) is 4.25. The highest BCUT2D eigenvalue weighted by molar-refractivity contribution is 6.28. The predicted octanol–water partition coefficient (Wildman–Crippen LogP) is 7.03. The zero-order valence-electron chi connectivity index (χ0n) is 19.5. The number of carbonyl (C=O) groups excluding carboxylic acids is 1. The van der Waals surface area contributed by atoms with Crippen LogP contribution >= 0.6 is 11.6 Å². The molecule has 0 atom stereocenters. The molecule has 2 aromatic carbocycles. The number of hydrogen-bond donors (Lipinski definition) is 0. The van der Waals surface area contributed by atoms with Crippen LogP contribution < -0.4 is 4.90 Å². The van der Waals surface area contributed by atoms with E-state index in [4.69, 9.17) is 16.3 Å². The largest absolute Gasteiger partial charge is 0.443 e. The molecule has 1 amide bonds. The summed E-state index contributed by atoms with van der Waals surface area (Å²) in [4.78, 5) is 23.4. The summed E-state index contributed by atoms with van der Waals surface area (Å²) in [5.74, 6) is 0. The zero-order chi connectivity index (χ0) is 23.9. The van der Waals surface area contributed by atoms with Crippen LogP contribution in [0.3, 0.4) is 0 Å². The maximum Gasteiger partial charge on any atom is 0.415 e. The Morgan fingerprint density at radius 1 is 1.09 bits per heavy atom. The van der Waals surface area contributed by atoms with Crippen molar-refractivity contribution in [3.8, 4) is 16.9 Å². The molecule has 4 aromatic rings. The van der Waals surface area contributed by atoms with Gasteiger partial charge in [-0.3, -0.25) is 4.90 Å². The first-order valence-electron chi connectivity index (χ1n) is 11.5. The van der Waals surface area contributed by atoms with Crippen LogP contribution in [0.2, 0.25) is 5.28 Å². The van der Waals surface area contributed by atoms with Crippen molar-refractivity contribution < 1.29 is 9.53 Å². The fraction of sp³-hybridized carbons (Fsp3) is 0.296. The van der Waals surface area contributed by atoms with E-state index in [1.165, 1.54) is 0 Å². The molecule has 34 heavy (non-hydrogen) atoms. The SMILES string of the molecule is CC(C)(C)OC(=O)N(c1ccc(-n2c(-c3ccccc3)cc3nc(Cl)ncc32)cc1)C1CCC1. The minimum absolute atomic E-state index is 0.170. The Morgan fingerprint density at radius 2 is 1.79 bits per heavy atom. The molecule has 2 aromatic heterocycles.